The number of hydrogen-bond donors (Lipinski definition) is 2. The third-order valence-corrected chi connectivity index (χ3v) is 2.86. The zero-order valence-corrected chi connectivity index (χ0v) is 10.7. The fourth-order valence-electron chi connectivity index (χ4n) is 1.70. The van der Waals surface area contributed by atoms with Crippen LogP contribution in [0, 0.1) is 5.92 Å². The summed E-state index contributed by atoms with van der Waals surface area (Å²) in [6, 6.07) is 0. The molecule has 5 heteroatoms. The molecule has 0 saturated heterocycles. The standard InChI is InChI=1S/C13H20O5/c1-9(4-3-5-13(16)17-2)11-7-6-10(15)12(8-14)18-11/h3-4,6-7,9-12,14-15H,5,8H2,1-2H3/t9-,10+,11+,12-/m1/s1. The lowest BCUT2D eigenvalue weighted by molar-refractivity contribution is -0.139. The van der Waals surface area contributed by atoms with Crippen molar-refractivity contribution >= 4 is 5.97 Å². The first-order chi connectivity index (χ1) is 8.58. The van der Waals surface area contributed by atoms with Crippen LogP contribution in [0.1, 0.15) is 13.3 Å². The summed E-state index contributed by atoms with van der Waals surface area (Å²) in [4.78, 5) is 10.9. The highest BCUT2D eigenvalue weighted by Gasteiger charge is 2.27. The van der Waals surface area contributed by atoms with Crippen LogP contribution in [0.3, 0.4) is 0 Å². The first kappa shape index (κ1) is 14.9. The highest BCUT2D eigenvalue weighted by molar-refractivity contribution is 5.70. The zero-order valence-electron chi connectivity index (χ0n) is 10.7. The van der Waals surface area contributed by atoms with Gasteiger partial charge in [0.2, 0.25) is 0 Å². The van der Waals surface area contributed by atoms with Gasteiger partial charge in [0, 0.05) is 5.92 Å². The Morgan fingerprint density at radius 2 is 2.28 bits per heavy atom. The number of hydrogen-bond acceptors (Lipinski definition) is 5. The molecular formula is C13H20O5. The van der Waals surface area contributed by atoms with Gasteiger partial charge in [-0.05, 0) is 0 Å². The lowest BCUT2D eigenvalue weighted by atomic mass is 9.99. The molecule has 0 fully saturated rings. The summed E-state index contributed by atoms with van der Waals surface area (Å²) in [7, 11) is 1.35. The molecule has 0 saturated carbocycles. The largest absolute Gasteiger partial charge is 0.469 e. The normalized spacial score (nSPS) is 29.4. The molecule has 2 N–H and O–H groups in total. The molecule has 0 spiro atoms. The summed E-state index contributed by atoms with van der Waals surface area (Å²) < 4.78 is 10.1. The van der Waals surface area contributed by atoms with Crippen LogP contribution in [0.4, 0.5) is 0 Å². The summed E-state index contributed by atoms with van der Waals surface area (Å²) in [6.07, 6.45) is 5.64. The average molecular weight is 256 g/mol. The van der Waals surface area contributed by atoms with Gasteiger partial charge in [-0.1, -0.05) is 31.2 Å². The van der Waals surface area contributed by atoms with Crippen molar-refractivity contribution in [2.75, 3.05) is 13.7 Å². The maximum atomic E-state index is 10.9. The van der Waals surface area contributed by atoms with Gasteiger partial charge in [-0.2, -0.15) is 0 Å². The fraction of sp³-hybridized carbons (Fsp3) is 0.615. The maximum Gasteiger partial charge on any atom is 0.309 e. The van der Waals surface area contributed by atoms with Gasteiger partial charge in [0.05, 0.1) is 26.2 Å². The predicted octanol–water partition coefficient (Wildman–Crippen LogP) is 0.419. The highest BCUT2D eigenvalue weighted by Crippen LogP contribution is 2.20. The summed E-state index contributed by atoms with van der Waals surface area (Å²) >= 11 is 0. The first-order valence-corrected chi connectivity index (χ1v) is 5.94. The third-order valence-electron chi connectivity index (χ3n) is 2.86. The third kappa shape index (κ3) is 4.25. The molecule has 1 rings (SSSR count). The lowest BCUT2D eigenvalue weighted by Crippen LogP contribution is -2.39. The fourth-order valence-corrected chi connectivity index (χ4v) is 1.70. The van der Waals surface area contributed by atoms with E-state index in [2.05, 4.69) is 4.74 Å². The van der Waals surface area contributed by atoms with Crippen molar-refractivity contribution in [2.24, 2.45) is 5.92 Å². The molecule has 0 aromatic heterocycles. The number of carbonyl (C=O) groups excluding carboxylic acids is 1. The van der Waals surface area contributed by atoms with Crippen LogP contribution in [-0.4, -0.2) is 48.2 Å². The van der Waals surface area contributed by atoms with E-state index >= 15 is 0 Å². The molecule has 5 nitrogen and oxygen atoms in total. The predicted molar refractivity (Wildman–Crippen MR) is 65.8 cm³/mol. The molecule has 1 aliphatic heterocycles. The van der Waals surface area contributed by atoms with Crippen LogP contribution in [0.5, 0.6) is 0 Å². The minimum atomic E-state index is -0.766. The van der Waals surface area contributed by atoms with E-state index in [9.17, 15) is 9.90 Å². The number of methoxy groups -OCH3 is 1. The number of ether oxygens (including phenoxy) is 2. The minimum Gasteiger partial charge on any atom is -0.469 e. The van der Waals surface area contributed by atoms with Crippen LogP contribution in [-0.2, 0) is 14.3 Å². The van der Waals surface area contributed by atoms with E-state index in [0.717, 1.165) is 0 Å². The Kier molecular flexibility index (Phi) is 6.04. The lowest BCUT2D eigenvalue weighted by Gasteiger charge is -2.30. The van der Waals surface area contributed by atoms with Gasteiger partial charge >= 0.3 is 5.97 Å². The van der Waals surface area contributed by atoms with Crippen molar-refractivity contribution in [1.29, 1.82) is 0 Å². The van der Waals surface area contributed by atoms with Crippen molar-refractivity contribution in [3.8, 4) is 0 Å². The minimum absolute atomic E-state index is 0.0486. The molecule has 0 radical (unpaired) electrons. The van der Waals surface area contributed by atoms with Crippen LogP contribution in [0.2, 0.25) is 0 Å². The van der Waals surface area contributed by atoms with Crippen LogP contribution >= 0.6 is 0 Å². The zero-order chi connectivity index (χ0) is 13.5. The van der Waals surface area contributed by atoms with E-state index in [1.807, 2.05) is 13.0 Å². The summed E-state index contributed by atoms with van der Waals surface area (Å²) in [5.41, 5.74) is 0. The number of esters is 1. The molecule has 0 aromatic carbocycles. The van der Waals surface area contributed by atoms with Gasteiger partial charge in [0.1, 0.15) is 12.2 Å². The van der Waals surface area contributed by atoms with Gasteiger partial charge in [0.25, 0.3) is 0 Å². The molecule has 4 atom stereocenters. The molecule has 0 unspecified atom stereocenters. The Labute approximate surface area is 107 Å². The van der Waals surface area contributed by atoms with E-state index < -0.39 is 12.2 Å². The van der Waals surface area contributed by atoms with Gasteiger partial charge in [-0.3, -0.25) is 4.79 Å². The molecule has 18 heavy (non-hydrogen) atoms. The number of aliphatic hydroxyl groups is 2. The smallest absolute Gasteiger partial charge is 0.309 e. The molecular weight excluding hydrogens is 236 g/mol. The Hall–Kier alpha value is -1.17. The second kappa shape index (κ2) is 7.31. The number of aliphatic hydroxyl groups excluding tert-OH is 2. The second-order valence-corrected chi connectivity index (χ2v) is 4.26. The summed E-state index contributed by atoms with van der Waals surface area (Å²) in [5, 5.41) is 18.5. The van der Waals surface area contributed by atoms with Gasteiger partial charge in [-0.25, -0.2) is 0 Å². The van der Waals surface area contributed by atoms with Crippen molar-refractivity contribution in [3.05, 3.63) is 24.3 Å². The first-order valence-electron chi connectivity index (χ1n) is 5.94. The van der Waals surface area contributed by atoms with E-state index in [1.165, 1.54) is 7.11 Å². The van der Waals surface area contributed by atoms with E-state index in [4.69, 9.17) is 9.84 Å². The van der Waals surface area contributed by atoms with Gasteiger partial charge in [-0.15, -0.1) is 0 Å². The highest BCUT2D eigenvalue weighted by atomic mass is 16.5. The van der Waals surface area contributed by atoms with Gasteiger partial charge < -0.3 is 19.7 Å². The molecule has 1 aliphatic rings. The monoisotopic (exact) mass is 256 g/mol. The molecule has 1 heterocycles. The topological polar surface area (TPSA) is 76.0 Å². The maximum absolute atomic E-state index is 10.9. The Bertz CT molecular complexity index is 323. The van der Waals surface area contributed by atoms with Gasteiger partial charge in [0.15, 0.2) is 0 Å². The Balaban J connectivity index is 2.49. The van der Waals surface area contributed by atoms with Crippen LogP contribution < -0.4 is 0 Å². The number of rotatable bonds is 5. The van der Waals surface area contributed by atoms with E-state index in [0.29, 0.717) is 0 Å². The summed E-state index contributed by atoms with van der Waals surface area (Å²) in [5.74, 6) is -0.241. The summed E-state index contributed by atoms with van der Waals surface area (Å²) in [6.45, 7) is 1.72. The van der Waals surface area contributed by atoms with E-state index in [-0.39, 0.29) is 31.0 Å². The molecule has 102 valence electrons. The molecule has 0 bridgehead atoms. The van der Waals surface area contributed by atoms with Crippen molar-refractivity contribution in [3.63, 3.8) is 0 Å². The molecule has 0 amide bonds. The second-order valence-electron chi connectivity index (χ2n) is 4.26. The number of carbonyl (C=O) groups is 1. The Morgan fingerprint density at radius 3 is 2.89 bits per heavy atom. The quantitative estimate of drug-likeness (QED) is 0.550. The SMILES string of the molecule is COC(=O)CC=C[C@@H](C)[C@@H]1C=C[C@H](O)[C@@H](CO)O1. The van der Waals surface area contributed by atoms with Crippen molar-refractivity contribution < 1.29 is 24.5 Å². The van der Waals surface area contributed by atoms with Crippen LogP contribution in [0.25, 0.3) is 0 Å². The van der Waals surface area contributed by atoms with Crippen LogP contribution in [0.15, 0.2) is 24.3 Å². The van der Waals surface area contributed by atoms with E-state index in [1.54, 1.807) is 18.2 Å². The Morgan fingerprint density at radius 1 is 1.56 bits per heavy atom. The van der Waals surface area contributed by atoms with Crippen molar-refractivity contribution in [2.45, 2.75) is 31.7 Å². The average Bonchev–Trinajstić information content (AvgIpc) is 2.38. The van der Waals surface area contributed by atoms with Crippen molar-refractivity contribution in [1.82, 2.24) is 0 Å². The molecule has 0 aromatic rings. The molecule has 0 aliphatic carbocycles.